The Kier molecular flexibility index (Phi) is 4.99. The average molecular weight is 386 g/mol. The summed E-state index contributed by atoms with van der Waals surface area (Å²) in [5.74, 6) is -0.448. The molecule has 0 bridgehead atoms. The van der Waals surface area contributed by atoms with E-state index in [0.29, 0.717) is 17.7 Å². The Morgan fingerprint density at radius 3 is 2.77 bits per heavy atom. The molecule has 0 fully saturated rings. The Morgan fingerprint density at radius 1 is 1.08 bits per heavy atom. The molecule has 0 radical (unpaired) electrons. The van der Waals surface area contributed by atoms with Gasteiger partial charge in [0.1, 0.15) is 0 Å². The molecule has 2 amide bonds. The van der Waals surface area contributed by atoms with Crippen LogP contribution in [-0.4, -0.2) is 16.8 Å². The van der Waals surface area contributed by atoms with Crippen molar-refractivity contribution in [2.75, 3.05) is 0 Å². The van der Waals surface area contributed by atoms with E-state index in [0.717, 1.165) is 28.1 Å². The van der Waals surface area contributed by atoms with Gasteiger partial charge in [0.15, 0.2) is 0 Å². The Hall–Kier alpha value is -2.25. The van der Waals surface area contributed by atoms with E-state index in [1.807, 2.05) is 30.3 Å². The van der Waals surface area contributed by atoms with Crippen molar-refractivity contribution in [3.63, 3.8) is 0 Å². The van der Waals surface area contributed by atoms with Crippen molar-refractivity contribution in [3.05, 3.63) is 50.7 Å². The second-order valence-electron chi connectivity index (χ2n) is 6.34. The van der Waals surface area contributed by atoms with Crippen LogP contribution in [0.15, 0.2) is 30.3 Å². The number of carbonyl (C=O) groups excluding carboxylic acids is 2. The molecule has 0 atom stereocenters. The lowest BCUT2D eigenvalue weighted by atomic mass is 9.99. The van der Waals surface area contributed by atoms with E-state index in [-0.39, 0.29) is 11.8 Å². The predicted molar refractivity (Wildman–Crippen MR) is 105 cm³/mol. The molecule has 1 aromatic carbocycles. The number of thiophene rings is 1. The van der Waals surface area contributed by atoms with Crippen molar-refractivity contribution in [3.8, 4) is 0 Å². The summed E-state index contributed by atoms with van der Waals surface area (Å²) in [5, 5.41) is 0.929. The smallest absolute Gasteiger partial charge is 0.273 e. The number of nitrogens with zero attached hydrogens (tertiary/aromatic N) is 1. The first-order valence-corrected chi connectivity index (χ1v) is 10.4. The van der Waals surface area contributed by atoms with Gasteiger partial charge >= 0.3 is 0 Å². The number of amides is 2. The summed E-state index contributed by atoms with van der Waals surface area (Å²) in [6.07, 6.45) is 5.34. The monoisotopic (exact) mass is 385 g/mol. The van der Waals surface area contributed by atoms with E-state index in [4.69, 9.17) is 0 Å². The van der Waals surface area contributed by atoms with Gasteiger partial charge in [0.25, 0.3) is 5.91 Å². The second-order valence-corrected chi connectivity index (χ2v) is 8.60. The standard InChI is InChI=1S/C19H19N3O2S2/c23-17(9-10-18-20-13-6-2-4-8-15(13)26-18)21-22-19(24)16-11-12-5-1-3-7-14(12)25-16/h2,4,6,8,11H,1,3,5,7,9-10H2,(H,21,23)(H,22,24). The number of fused-ring (bicyclic) bond motifs is 2. The first-order valence-electron chi connectivity index (χ1n) is 8.74. The van der Waals surface area contributed by atoms with Crippen molar-refractivity contribution >= 4 is 44.7 Å². The van der Waals surface area contributed by atoms with Gasteiger partial charge in [-0.05, 0) is 49.4 Å². The van der Waals surface area contributed by atoms with Gasteiger partial charge in [-0.1, -0.05) is 12.1 Å². The lowest BCUT2D eigenvalue weighted by Crippen LogP contribution is -2.41. The van der Waals surface area contributed by atoms with Gasteiger partial charge in [0.05, 0.1) is 20.1 Å². The molecule has 2 aromatic heterocycles. The van der Waals surface area contributed by atoms with Gasteiger partial charge in [-0.25, -0.2) is 4.98 Å². The molecule has 0 saturated heterocycles. The Bertz CT molecular complexity index is 904. The molecule has 0 spiro atoms. The number of rotatable bonds is 4. The molecule has 4 rings (SSSR count). The van der Waals surface area contributed by atoms with Crippen LogP contribution < -0.4 is 10.9 Å². The predicted octanol–water partition coefficient (Wildman–Crippen LogP) is 3.63. The molecule has 1 aliphatic carbocycles. The minimum Gasteiger partial charge on any atom is -0.273 e. The molecule has 2 heterocycles. The van der Waals surface area contributed by atoms with Crippen LogP contribution in [0.1, 0.15) is 44.4 Å². The van der Waals surface area contributed by atoms with E-state index < -0.39 is 0 Å². The highest BCUT2D eigenvalue weighted by atomic mass is 32.1. The average Bonchev–Trinajstić information content (AvgIpc) is 3.27. The second kappa shape index (κ2) is 7.55. The molecular formula is C19H19N3O2S2. The number of thiazole rings is 1. The maximum Gasteiger partial charge on any atom is 0.279 e. The first-order chi connectivity index (χ1) is 12.7. The highest BCUT2D eigenvalue weighted by Gasteiger charge is 2.17. The third-order valence-electron chi connectivity index (χ3n) is 4.44. The van der Waals surface area contributed by atoms with Crippen LogP contribution in [0.3, 0.4) is 0 Å². The highest BCUT2D eigenvalue weighted by molar-refractivity contribution is 7.18. The normalized spacial score (nSPS) is 13.4. The van der Waals surface area contributed by atoms with Crippen LogP contribution in [0.25, 0.3) is 10.2 Å². The van der Waals surface area contributed by atoms with Gasteiger partial charge in [0, 0.05) is 17.7 Å². The van der Waals surface area contributed by atoms with Crippen LogP contribution in [0.4, 0.5) is 0 Å². The molecule has 0 unspecified atom stereocenters. The van der Waals surface area contributed by atoms with E-state index in [2.05, 4.69) is 15.8 Å². The quantitative estimate of drug-likeness (QED) is 0.674. The van der Waals surface area contributed by atoms with Gasteiger partial charge in [0.2, 0.25) is 5.91 Å². The minimum atomic E-state index is -0.238. The molecule has 1 aliphatic rings. The summed E-state index contributed by atoms with van der Waals surface area (Å²) in [4.78, 5) is 30.7. The van der Waals surface area contributed by atoms with Crippen LogP contribution in [0, 0.1) is 0 Å². The Balaban J connectivity index is 1.28. The van der Waals surface area contributed by atoms with E-state index in [9.17, 15) is 9.59 Å². The van der Waals surface area contributed by atoms with Crippen molar-refractivity contribution in [2.45, 2.75) is 38.5 Å². The number of aryl methyl sites for hydroxylation is 3. The van der Waals surface area contributed by atoms with Gasteiger partial charge in [-0.3, -0.25) is 20.4 Å². The maximum absolute atomic E-state index is 12.2. The lowest BCUT2D eigenvalue weighted by molar-refractivity contribution is -0.121. The SMILES string of the molecule is O=C(CCc1nc2ccccc2s1)NNC(=O)c1cc2c(s1)CCCC2. The molecule has 5 nitrogen and oxygen atoms in total. The fraction of sp³-hybridized carbons (Fsp3) is 0.316. The van der Waals surface area contributed by atoms with Gasteiger partial charge in [-0.15, -0.1) is 22.7 Å². The van der Waals surface area contributed by atoms with Crippen molar-refractivity contribution in [1.82, 2.24) is 15.8 Å². The summed E-state index contributed by atoms with van der Waals surface area (Å²) < 4.78 is 1.12. The summed E-state index contributed by atoms with van der Waals surface area (Å²) >= 11 is 3.13. The third kappa shape index (κ3) is 3.78. The molecule has 2 N–H and O–H groups in total. The zero-order chi connectivity index (χ0) is 17.9. The Morgan fingerprint density at radius 2 is 1.92 bits per heavy atom. The number of benzene rings is 1. The number of para-hydroxylation sites is 1. The molecule has 26 heavy (non-hydrogen) atoms. The number of hydrogen-bond acceptors (Lipinski definition) is 5. The molecule has 7 heteroatoms. The molecule has 3 aromatic rings. The third-order valence-corrected chi connectivity index (χ3v) is 6.77. The summed E-state index contributed by atoms with van der Waals surface area (Å²) in [7, 11) is 0. The number of nitrogens with one attached hydrogen (secondary N) is 2. The molecular weight excluding hydrogens is 366 g/mol. The topological polar surface area (TPSA) is 71.1 Å². The fourth-order valence-electron chi connectivity index (χ4n) is 3.10. The zero-order valence-corrected chi connectivity index (χ0v) is 15.8. The van der Waals surface area contributed by atoms with Crippen molar-refractivity contribution < 1.29 is 9.59 Å². The summed E-state index contributed by atoms with van der Waals surface area (Å²) in [6.45, 7) is 0. The number of hydrogen-bond donors (Lipinski definition) is 2. The van der Waals surface area contributed by atoms with Crippen molar-refractivity contribution in [1.29, 1.82) is 0 Å². The summed E-state index contributed by atoms with van der Waals surface area (Å²) in [5.41, 5.74) is 7.28. The summed E-state index contributed by atoms with van der Waals surface area (Å²) in [6, 6.07) is 9.89. The van der Waals surface area contributed by atoms with E-state index >= 15 is 0 Å². The molecule has 0 aliphatic heterocycles. The minimum absolute atomic E-state index is 0.209. The zero-order valence-electron chi connectivity index (χ0n) is 14.2. The van der Waals surface area contributed by atoms with Crippen LogP contribution in [0.2, 0.25) is 0 Å². The van der Waals surface area contributed by atoms with E-state index in [1.54, 1.807) is 11.3 Å². The van der Waals surface area contributed by atoms with Crippen LogP contribution in [-0.2, 0) is 24.1 Å². The first kappa shape index (κ1) is 17.2. The number of aromatic nitrogens is 1. The lowest BCUT2D eigenvalue weighted by Gasteiger charge is -2.08. The fourth-order valence-corrected chi connectivity index (χ4v) is 5.22. The van der Waals surface area contributed by atoms with Crippen LogP contribution >= 0.6 is 22.7 Å². The van der Waals surface area contributed by atoms with E-state index in [1.165, 1.54) is 34.6 Å². The van der Waals surface area contributed by atoms with Crippen LogP contribution in [0.5, 0.6) is 0 Å². The van der Waals surface area contributed by atoms with Gasteiger partial charge < -0.3 is 0 Å². The molecule has 134 valence electrons. The molecule has 0 saturated carbocycles. The number of hydrazine groups is 1. The maximum atomic E-state index is 12.2. The Labute approximate surface area is 159 Å². The highest BCUT2D eigenvalue weighted by Crippen LogP contribution is 2.29. The van der Waals surface area contributed by atoms with Crippen molar-refractivity contribution in [2.24, 2.45) is 0 Å². The number of carbonyl (C=O) groups is 2. The van der Waals surface area contributed by atoms with Gasteiger partial charge in [-0.2, -0.15) is 0 Å². The largest absolute Gasteiger partial charge is 0.279 e.